The largest absolute Gasteiger partial charge is 0.493 e. The van der Waals surface area contributed by atoms with Crippen LogP contribution < -0.4 is 9.47 Å². The molecule has 1 aliphatic carbocycles. The minimum atomic E-state index is -0.148. The highest BCUT2D eigenvalue weighted by Gasteiger charge is 2.33. The van der Waals surface area contributed by atoms with Gasteiger partial charge in [-0.25, -0.2) is 9.67 Å². The van der Waals surface area contributed by atoms with Gasteiger partial charge in [0.2, 0.25) is 5.91 Å². The number of fused-ring (bicyclic) bond motifs is 2. The number of ether oxygens (including phenoxy) is 2. The molecule has 1 aromatic carbocycles. The van der Waals surface area contributed by atoms with Crippen molar-refractivity contribution in [3.05, 3.63) is 35.4 Å². The van der Waals surface area contributed by atoms with Crippen molar-refractivity contribution in [2.24, 2.45) is 5.92 Å². The summed E-state index contributed by atoms with van der Waals surface area (Å²) in [5.74, 6) is 4.10. The number of nitrogens with zero attached hydrogens (tertiary/aromatic N) is 4. The van der Waals surface area contributed by atoms with E-state index < -0.39 is 0 Å². The summed E-state index contributed by atoms with van der Waals surface area (Å²) in [6.07, 6.45) is 3.88. The highest BCUT2D eigenvalue weighted by atomic mass is 16.5. The predicted octanol–water partition coefficient (Wildman–Crippen LogP) is 1.80. The van der Waals surface area contributed by atoms with Crippen molar-refractivity contribution in [3.8, 4) is 11.5 Å². The van der Waals surface area contributed by atoms with E-state index in [-0.39, 0.29) is 11.8 Å². The van der Waals surface area contributed by atoms with E-state index >= 15 is 0 Å². The summed E-state index contributed by atoms with van der Waals surface area (Å²) in [7, 11) is 1.64. The second-order valence-corrected chi connectivity index (χ2v) is 7.62. The summed E-state index contributed by atoms with van der Waals surface area (Å²) < 4.78 is 13.3. The molecule has 0 bridgehead atoms. The lowest BCUT2D eigenvalue weighted by Crippen LogP contribution is -2.42. The van der Waals surface area contributed by atoms with E-state index in [0.29, 0.717) is 32.0 Å². The maximum atomic E-state index is 13.1. The molecule has 3 aliphatic rings. The van der Waals surface area contributed by atoms with Crippen LogP contribution in [0.4, 0.5) is 0 Å². The number of hydrogen-bond donors (Lipinski definition) is 0. The van der Waals surface area contributed by atoms with E-state index in [1.165, 1.54) is 12.8 Å². The number of carbonyl (C=O) groups is 1. The first-order chi connectivity index (χ1) is 13.2. The average molecular weight is 368 g/mol. The zero-order chi connectivity index (χ0) is 18.4. The predicted molar refractivity (Wildman–Crippen MR) is 98.0 cm³/mol. The summed E-state index contributed by atoms with van der Waals surface area (Å²) in [4.78, 5) is 19.7. The number of carbonyl (C=O) groups excluding carboxylic acids is 1. The Balaban J connectivity index is 1.27. The first kappa shape index (κ1) is 16.6. The molecule has 0 radical (unpaired) electrons. The van der Waals surface area contributed by atoms with Crippen molar-refractivity contribution in [2.75, 3.05) is 26.8 Å². The summed E-state index contributed by atoms with van der Waals surface area (Å²) in [5, 5.41) is 4.66. The fourth-order valence-electron chi connectivity index (χ4n) is 4.03. The number of rotatable bonds is 3. The van der Waals surface area contributed by atoms with Crippen molar-refractivity contribution in [3.63, 3.8) is 0 Å². The Morgan fingerprint density at radius 1 is 1.26 bits per heavy atom. The first-order valence-electron chi connectivity index (χ1n) is 9.74. The number of hydrogen-bond acceptors (Lipinski definition) is 5. The molecule has 7 nitrogen and oxygen atoms in total. The van der Waals surface area contributed by atoms with Gasteiger partial charge < -0.3 is 14.4 Å². The normalized spacial score (nSPS) is 21.7. The van der Waals surface area contributed by atoms with Crippen LogP contribution in [-0.4, -0.2) is 52.4 Å². The molecule has 0 spiro atoms. The molecule has 1 unspecified atom stereocenters. The lowest BCUT2D eigenvalue weighted by Gasteiger charge is -2.30. The molecule has 3 heterocycles. The van der Waals surface area contributed by atoms with Crippen molar-refractivity contribution in [2.45, 2.75) is 38.1 Å². The lowest BCUT2D eigenvalue weighted by atomic mass is 9.95. The van der Waals surface area contributed by atoms with Crippen LogP contribution in [0.3, 0.4) is 0 Å². The van der Waals surface area contributed by atoms with Crippen LogP contribution in [0, 0.1) is 5.92 Å². The van der Waals surface area contributed by atoms with Crippen molar-refractivity contribution >= 4 is 5.91 Å². The molecule has 1 aromatic heterocycles. The van der Waals surface area contributed by atoms with Crippen LogP contribution in [0.2, 0.25) is 0 Å². The van der Waals surface area contributed by atoms with Gasteiger partial charge in [0, 0.05) is 25.4 Å². The van der Waals surface area contributed by atoms with Crippen molar-refractivity contribution in [1.29, 1.82) is 0 Å². The Hall–Kier alpha value is -2.57. The molecule has 1 atom stereocenters. The van der Waals surface area contributed by atoms with Crippen LogP contribution in [-0.2, 0) is 24.2 Å². The molecule has 5 rings (SSSR count). The Kier molecular flexibility index (Phi) is 4.02. The molecule has 2 aliphatic heterocycles. The lowest BCUT2D eigenvalue weighted by molar-refractivity contribution is -0.137. The number of amides is 1. The van der Waals surface area contributed by atoms with Gasteiger partial charge in [-0.1, -0.05) is 12.1 Å². The molecule has 7 heteroatoms. The first-order valence-corrected chi connectivity index (χ1v) is 9.74. The van der Waals surface area contributed by atoms with Gasteiger partial charge >= 0.3 is 0 Å². The van der Waals surface area contributed by atoms with Gasteiger partial charge in [0.15, 0.2) is 17.3 Å². The van der Waals surface area contributed by atoms with Crippen LogP contribution >= 0.6 is 0 Å². The fraction of sp³-hybridized carbons (Fsp3) is 0.550. The van der Waals surface area contributed by atoms with Gasteiger partial charge in [0.05, 0.1) is 19.6 Å². The highest BCUT2D eigenvalue weighted by molar-refractivity contribution is 5.80. The molecule has 2 aromatic rings. The second-order valence-electron chi connectivity index (χ2n) is 7.62. The van der Waals surface area contributed by atoms with Crippen molar-refractivity contribution < 1.29 is 14.3 Å². The molecule has 1 amide bonds. The topological polar surface area (TPSA) is 69.5 Å². The van der Waals surface area contributed by atoms with Crippen molar-refractivity contribution in [1.82, 2.24) is 19.7 Å². The Morgan fingerprint density at radius 3 is 2.96 bits per heavy atom. The monoisotopic (exact) mass is 368 g/mol. The number of methoxy groups -OCH3 is 1. The van der Waals surface area contributed by atoms with E-state index in [4.69, 9.17) is 14.5 Å². The molecular weight excluding hydrogens is 344 g/mol. The molecule has 0 saturated heterocycles. The maximum Gasteiger partial charge on any atom is 0.229 e. The van der Waals surface area contributed by atoms with Crippen LogP contribution in [0.15, 0.2) is 18.2 Å². The minimum absolute atomic E-state index is 0.148. The Bertz CT molecular complexity index is 849. The smallest absolute Gasteiger partial charge is 0.229 e. The van der Waals surface area contributed by atoms with E-state index in [2.05, 4.69) is 5.10 Å². The Morgan fingerprint density at radius 2 is 2.15 bits per heavy atom. The minimum Gasteiger partial charge on any atom is -0.493 e. The number of para-hydroxylation sites is 1. The van der Waals surface area contributed by atoms with E-state index in [0.717, 1.165) is 41.7 Å². The summed E-state index contributed by atoms with van der Waals surface area (Å²) >= 11 is 0. The summed E-state index contributed by atoms with van der Waals surface area (Å²) in [6.45, 7) is 2.50. The average Bonchev–Trinajstić information content (AvgIpc) is 3.50. The maximum absolute atomic E-state index is 13.1. The van der Waals surface area contributed by atoms with E-state index in [1.54, 1.807) is 7.11 Å². The van der Waals surface area contributed by atoms with Gasteiger partial charge in [-0.15, -0.1) is 0 Å². The fourth-order valence-corrected chi connectivity index (χ4v) is 4.03. The van der Waals surface area contributed by atoms with Gasteiger partial charge in [0.25, 0.3) is 0 Å². The van der Waals surface area contributed by atoms with Crippen LogP contribution in [0.25, 0.3) is 0 Å². The number of benzene rings is 1. The quantitative estimate of drug-likeness (QED) is 0.826. The van der Waals surface area contributed by atoms with E-state index in [9.17, 15) is 4.79 Å². The third-order valence-corrected chi connectivity index (χ3v) is 5.73. The third-order valence-electron chi connectivity index (χ3n) is 5.73. The van der Waals surface area contributed by atoms with Crippen LogP contribution in [0.5, 0.6) is 11.5 Å². The molecule has 27 heavy (non-hydrogen) atoms. The SMILES string of the molecule is COc1cccc2c1OCC(C(=O)N1CCc3nc(C4CC4)nn3CC1)C2. The van der Waals surface area contributed by atoms with Crippen LogP contribution in [0.1, 0.15) is 36.0 Å². The molecular formula is C20H24N4O3. The zero-order valence-corrected chi connectivity index (χ0v) is 15.6. The molecule has 142 valence electrons. The second kappa shape index (κ2) is 6.55. The number of aromatic nitrogens is 3. The van der Waals surface area contributed by atoms with Gasteiger partial charge in [-0.3, -0.25) is 4.79 Å². The standard InChI is InChI=1S/C20H24N4O3/c1-26-16-4-2-3-14-11-15(12-27-18(14)16)20(25)23-8-7-17-21-19(13-5-6-13)22-24(17)10-9-23/h2-4,13,15H,5-12H2,1H3. The van der Waals surface area contributed by atoms with E-state index in [1.807, 2.05) is 27.8 Å². The summed E-state index contributed by atoms with van der Waals surface area (Å²) in [6, 6.07) is 5.85. The van der Waals surface area contributed by atoms with Gasteiger partial charge in [0.1, 0.15) is 12.4 Å². The van der Waals surface area contributed by atoms with Gasteiger partial charge in [-0.2, -0.15) is 5.10 Å². The molecule has 0 N–H and O–H groups in total. The van der Waals surface area contributed by atoms with Gasteiger partial charge in [-0.05, 0) is 30.9 Å². The zero-order valence-electron chi connectivity index (χ0n) is 15.6. The highest BCUT2D eigenvalue weighted by Crippen LogP contribution is 2.38. The Labute approximate surface area is 158 Å². The summed E-state index contributed by atoms with van der Waals surface area (Å²) in [5.41, 5.74) is 1.04. The third kappa shape index (κ3) is 3.05. The molecule has 1 saturated carbocycles. The molecule has 1 fully saturated rings.